The quantitative estimate of drug-likeness (QED) is 0.727. The lowest BCUT2D eigenvalue weighted by molar-refractivity contribution is -0.120. The van der Waals surface area contributed by atoms with E-state index in [0.29, 0.717) is 18.1 Å². The molecule has 80 valence electrons. The van der Waals surface area contributed by atoms with Crippen LogP contribution in [0.5, 0.6) is 0 Å². The normalized spacial score (nSPS) is 25.9. The Morgan fingerprint density at radius 1 is 1.33 bits per heavy atom. The molecule has 0 N–H and O–H groups in total. The van der Waals surface area contributed by atoms with Crippen LogP contribution in [0.25, 0.3) is 0 Å². The van der Waals surface area contributed by atoms with E-state index in [1.54, 1.807) is 0 Å². The molecule has 1 fully saturated rings. The number of rotatable bonds is 2. The summed E-state index contributed by atoms with van der Waals surface area (Å²) in [6.45, 7) is 2.00. The first kappa shape index (κ1) is 10.3. The highest BCUT2D eigenvalue weighted by atomic mass is 19.1. The van der Waals surface area contributed by atoms with E-state index in [2.05, 4.69) is 0 Å². The zero-order valence-corrected chi connectivity index (χ0v) is 8.87. The summed E-state index contributed by atoms with van der Waals surface area (Å²) in [5.41, 5.74) is 1.13. The molecule has 1 aromatic carbocycles. The second-order valence-electron chi connectivity index (χ2n) is 4.38. The Labute approximate surface area is 89.3 Å². The van der Waals surface area contributed by atoms with Crippen molar-refractivity contribution in [3.05, 3.63) is 35.6 Å². The Bertz CT molecular complexity index is 355. The summed E-state index contributed by atoms with van der Waals surface area (Å²) in [6.07, 6.45) is 2.59. The van der Waals surface area contributed by atoms with Crippen molar-refractivity contribution in [2.24, 2.45) is 11.8 Å². The molecule has 2 rings (SSSR count). The first-order valence-corrected chi connectivity index (χ1v) is 5.44. The number of hydrogen-bond donors (Lipinski definition) is 0. The topological polar surface area (TPSA) is 17.1 Å². The molecule has 0 saturated heterocycles. The van der Waals surface area contributed by atoms with Crippen LogP contribution in [0.2, 0.25) is 0 Å². The van der Waals surface area contributed by atoms with E-state index in [0.717, 1.165) is 18.4 Å². The highest BCUT2D eigenvalue weighted by Crippen LogP contribution is 2.31. The van der Waals surface area contributed by atoms with E-state index in [9.17, 15) is 9.18 Å². The number of halogens is 1. The molecular formula is C13H15FO. The molecule has 1 aliphatic carbocycles. The van der Waals surface area contributed by atoms with E-state index in [1.165, 1.54) is 12.1 Å². The minimum Gasteiger partial charge on any atom is -0.299 e. The Hall–Kier alpha value is -1.18. The third-order valence-electron chi connectivity index (χ3n) is 3.39. The third kappa shape index (κ3) is 2.25. The average molecular weight is 206 g/mol. The van der Waals surface area contributed by atoms with Gasteiger partial charge >= 0.3 is 0 Å². The Morgan fingerprint density at radius 2 is 2.00 bits per heavy atom. The molecule has 0 heterocycles. The van der Waals surface area contributed by atoms with E-state index in [-0.39, 0.29) is 11.7 Å². The van der Waals surface area contributed by atoms with Crippen molar-refractivity contribution < 1.29 is 9.18 Å². The van der Waals surface area contributed by atoms with Gasteiger partial charge < -0.3 is 0 Å². The van der Waals surface area contributed by atoms with Gasteiger partial charge in [-0.1, -0.05) is 19.1 Å². The van der Waals surface area contributed by atoms with Crippen molar-refractivity contribution in [3.63, 3.8) is 0 Å². The first-order valence-electron chi connectivity index (χ1n) is 5.44. The van der Waals surface area contributed by atoms with Gasteiger partial charge in [0.05, 0.1) is 0 Å². The minimum atomic E-state index is -0.200. The summed E-state index contributed by atoms with van der Waals surface area (Å²) >= 11 is 0. The molecule has 2 unspecified atom stereocenters. The highest BCUT2D eigenvalue weighted by Gasteiger charge is 2.30. The maximum absolute atomic E-state index is 12.7. The fraction of sp³-hybridized carbons (Fsp3) is 0.462. The van der Waals surface area contributed by atoms with Gasteiger partial charge in [0.15, 0.2) is 0 Å². The lowest BCUT2D eigenvalue weighted by Crippen LogP contribution is -2.12. The maximum Gasteiger partial charge on any atom is 0.135 e. The van der Waals surface area contributed by atoms with Gasteiger partial charge in [0, 0.05) is 12.3 Å². The molecule has 0 amide bonds. The minimum absolute atomic E-state index is 0.176. The zero-order valence-electron chi connectivity index (χ0n) is 8.87. The van der Waals surface area contributed by atoms with E-state index < -0.39 is 0 Å². The lowest BCUT2D eigenvalue weighted by Gasteiger charge is -2.13. The van der Waals surface area contributed by atoms with E-state index in [1.807, 2.05) is 19.1 Å². The molecule has 1 aromatic rings. The van der Waals surface area contributed by atoms with Gasteiger partial charge in [-0.15, -0.1) is 0 Å². The average Bonchev–Trinajstić information content (AvgIpc) is 2.53. The van der Waals surface area contributed by atoms with Crippen molar-refractivity contribution in [1.29, 1.82) is 0 Å². The molecule has 2 atom stereocenters. The summed E-state index contributed by atoms with van der Waals surface area (Å²) in [7, 11) is 0. The molecule has 0 aromatic heterocycles. The largest absolute Gasteiger partial charge is 0.299 e. The van der Waals surface area contributed by atoms with Gasteiger partial charge in [0.2, 0.25) is 0 Å². The molecule has 0 radical (unpaired) electrons. The second kappa shape index (κ2) is 4.13. The number of hydrogen-bond acceptors (Lipinski definition) is 1. The monoisotopic (exact) mass is 206 g/mol. The molecular weight excluding hydrogens is 191 g/mol. The van der Waals surface area contributed by atoms with Gasteiger partial charge in [-0.3, -0.25) is 4.79 Å². The van der Waals surface area contributed by atoms with Gasteiger partial charge in [0.25, 0.3) is 0 Å². The van der Waals surface area contributed by atoms with Crippen LogP contribution in [-0.4, -0.2) is 5.78 Å². The molecule has 0 aliphatic heterocycles. The molecule has 0 spiro atoms. The third-order valence-corrected chi connectivity index (χ3v) is 3.39. The van der Waals surface area contributed by atoms with Crippen LogP contribution in [-0.2, 0) is 11.2 Å². The van der Waals surface area contributed by atoms with Crippen molar-refractivity contribution >= 4 is 5.78 Å². The second-order valence-corrected chi connectivity index (χ2v) is 4.38. The number of carbonyl (C=O) groups excluding carboxylic acids is 1. The molecule has 15 heavy (non-hydrogen) atoms. The van der Waals surface area contributed by atoms with Crippen molar-refractivity contribution in [2.45, 2.75) is 26.2 Å². The molecule has 1 saturated carbocycles. The van der Waals surface area contributed by atoms with Crippen molar-refractivity contribution in [2.75, 3.05) is 0 Å². The SMILES string of the molecule is CC1C(=O)CCC1Cc1ccc(F)cc1. The maximum atomic E-state index is 12.7. The summed E-state index contributed by atoms with van der Waals surface area (Å²) in [5.74, 6) is 0.800. The smallest absolute Gasteiger partial charge is 0.135 e. The number of ketones is 1. The first-order chi connectivity index (χ1) is 7.16. The summed E-state index contributed by atoms with van der Waals surface area (Å²) < 4.78 is 12.7. The van der Waals surface area contributed by atoms with Crippen LogP contribution in [0.4, 0.5) is 4.39 Å². The Morgan fingerprint density at radius 3 is 2.53 bits per heavy atom. The lowest BCUT2D eigenvalue weighted by atomic mass is 9.91. The van der Waals surface area contributed by atoms with Crippen LogP contribution in [0.3, 0.4) is 0 Å². The molecule has 1 aliphatic rings. The molecule has 1 nitrogen and oxygen atoms in total. The van der Waals surface area contributed by atoms with Gasteiger partial charge in [-0.25, -0.2) is 4.39 Å². The van der Waals surface area contributed by atoms with Crippen LogP contribution in [0.1, 0.15) is 25.3 Å². The number of carbonyl (C=O) groups is 1. The molecule has 2 heteroatoms. The Balaban J connectivity index is 2.03. The summed E-state index contributed by atoms with van der Waals surface area (Å²) in [4.78, 5) is 11.4. The van der Waals surface area contributed by atoms with Crippen LogP contribution < -0.4 is 0 Å². The molecule has 0 bridgehead atoms. The van der Waals surface area contributed by atoms with Crippen LogP contribution in [0, 0.1) is 17.7 Å². The predicted molar refractivity (Wildman–Crippen MR) is 57.0 cm³/mol. The summed E-state index contributed by atoms with van der Waals surface area (Å²) in [5, 5.41) is 0. The Kier molecular flexibility index (Phi) is 2.85. The fourth-order valence-electron chi connectivity index (χ4n) is 2.27. The van der Waals surface area contributed by atoms with E-state index >= 15 is 0 Å². The highest BCUT2D eigenvalue weighted by molar-refractivity contribution is 5.83. The number of benzene rings is 1. The zero-order chi connectivity index (χ0) is 10.8. The van der Waals surface area contributed by atoms with Gasteiger partial charge in [-0.2, -0.15) is 0 Å². The summed E-state index contributed by atoms with van der Waals surface area (Å²) in [6, 6.07) is 6.59. The number of Topliss-reactive ketones (excluding diaryl/α,β-unsaturated/α-hetero) is 1. The predicted octanol–water partition coefficient (Wildman–Crippen LogP) is 2.98. The van der Waals surface area contributed by atoms with Crippen LogP contribution >= 0.6 is 0 Å². The fourth-order valence-corrected chi connectivity index (χ4v) is 2.27. The van der Waals surface area contributed by atoms with Crippen molar-refractivity contribution in [3.8, 4) is 0 Å². The van der Waals surface area contributed by atoms with Gasteiger partial charge in [-0.05, 0) is 36.5 Å². The van der Waals surface area contributed by atoms with Crippen LogP contribution in [0.15, 0.2) is 24.3 Å². The standard InChI is InChI=1S/C13H15FO/c1-9-11(4-7-13(9)15)8-10-2-5-12(14)6-3-10/h2-3,5-6,9,11H,4,7-8H2,1H3. The van der Waals surface area contributed by atoms with E-state index in [4.69, 9.17) is 0 Å². The van der Waals surface area contributed by atoms with Gasteiger partial charge in [0.1, 0.15) is 11.6 Å². The van der Waals surface area contributed by atoms with Crippen molar-refractivity contribution in [1.82, 2.24) is 0 Å².